The number of nitrogens with one attached hydrogen (secondary N) is 1. The number of aliphatic hydroxyl groups excluding tert-OH is 11. The van der Waals surface area contributed by atoms with Gasteiger partial charge in [-0.15, -0.1) is 0 Å². The molecule has 19 heteroatoms. The average Bonchev–Trinajstić information content (AvgIpc) is 3.32. The van der Waals surface area contributed by atoms with E-state index in [2.05, 4.69) is 36.5 Å². The summed E-state index contributed by atoms with van der Waals surface area (Å²) in [4.78, 5) is 13.1. The van der Waals surface area contributed by atoms with Gasteiger partial charge in [-0.2, -0.15) is 0 Å². The lowest BCUT2D eigenvalue weighted by Crippen LogP contribution is -2.66. The van der Waals surface area contributed by atoms with E-state index in [0.29, 0.717) is 12.8 Å². The first-order valence-corrected chi connectivity index (χ1v) is 24.7. The van der Waals surface area contributed by atoms with Crippen LogP contribution >= 0.6 is 0 Å². The van der Waals surface area contributed by atoms with Crippen molar-refractivity contribution in [1.29, 1.82) is 0 Å². The fourth-order valence-corrected chi connectivity index (χ4v) is 8.20. The summed E-state index contributed by atoms with van der Waals surface area (Å²) in [7, 11) is 0. The Hall–Kier alpha value is -1.99. The quantitative estimate of drug-likeness (QED) is 0.0323. The Morgan fingerprint density at radius 2 is 1.00 bits per heavy atom. The number of amides is 1. The summed E-state index contributed by atoms with van der Waals surface area (Å²) >= 11 is 0. The van der Waals surface area contributed by atoms with E-state index in [1.165, 1.54) is 25.7 Å². The van der Waals surface area contributed by atoms with E-state index in [9.17, 15) is 61.0 Å². The smallest absolute Gasteiger partial charge is 0.220 e. The maximum absolute atomic E-state index is 13.1. The summed E-state index contributed by atoms with van der Waals surface area (Å²) in [6.07, 6.45) is 3.85. The number of allylic oxidation sites excluding steroid dienone is 5. The summed E-state index contributed by atoms with van der Waals surface area (Å²) in [5, 5.41) is 119. The summed E-state index contributed by atoms with van der Waals surface area (Å²) < 4.78 is 33.9. The molecule has 0 aromatic rings. The molecule has 17 unspecified atom stereocenters. The van der Waals surface area contributed by atoms with Crippen LogP contribution in [0, 0.1) is 0 Å². The molecule has 19 nitrogen and oxygen atoms in total. The summed E-state index contributed by atoms with van der Waals surface area (Å²) in [6.45, 7) is 1.48. The molecule has 3 heterocycles. The Balaban J connectivity index is 1.48. The minimum atomic E-state index is -1.98. The fourth-order valence-electron chi connectivity index (χ4n) is 8.20. The molecule has 17 atom stereocenters. The van der Waals surface area contributed by atoms with Gasteiger partial charge in [-0.05, 0) is 44.9 Å². The van der Waals surface area contributed by atoms with Gasteiger partial charge in [0.05, 0.1) is 38.6 Å². The molecule has 0 aromatic heterocycles. The Labute approximate surface area is 396 Å². The van der Waals surface area contributed by atoms with E-state index >= 15 is 0 Å². The maximum atomic E-state index is 13.1. The van der Waals surface area contributed by atoms with Crippen molar-refractivity contribution in [2.75, 3.05) is 26.4 Å². The monoisotopic (exact) mass is 964 g/mol. The van der Waals surface area contributed by atoms with Crippen LogP contribution in [0.4, 0.5) is 0 Å². The van der Waals surface area contributed by atoms with Crippen molar-refractivity contribution in [3.63, 3.8) is 0 Å². The zero-order chi connectivity index (χ0) is 49.1. The molecule has 0 bridgehead atoms. The SMILES string of the molecule is CCCC/C=C/C(O)C(COC1OC(CO)C(OC2OC(CO)C(OC3OC(CO)C(O)C(O)C3O)C(O)C2O)C(O)C1O)NC(=O)CCCCCCCCC/C=C\C/C=C\CCCCCC. The number of carbonyl (C=O) groups excluding carboxylic acids is 1. The molecule has 3 fully saturated rings. The average molecular weight is 964 g/mol. The molecule has 12 N–H and O–H groups in total. The number of ether oxygens (including phenoxy) is 6. The Kier molecular flexibility index (Phi) is 29.7. The molecule has 390 valence electrons. The van der Waals surface area contributed by atoms with Crippen LogP contribution in [0.1, 0.15) is 129 Å². The highest BCUT2D eigenvalue weighted by Crippen LogP contribution is 2.33. The van der Waals surface area contributed by atoms with Gasteiger partial charge in [0.15, 0.2) is 18.9 Å². The molecule has 3 rings (SSSR count). The molecule has 3 aliphatic heterocycles. The van der Waals surface area contributed by atoms with Crippen LogP contribution in [0.25, 0.3) is 0 Å². The van der Waals surface area contributed by atoms with Crippen LogP contribution in [0.15, 0.2) is 36.5 Å². The summed E-state index contributed by atoms with van der Waals surface area (Å²) in [5.74, 6) is -0.296. The van der Waals surface area contributed by atoms with Crippen LogP contribution in [0.2, 0.25) is 0 Å². The summed E-state index contributed by atoms with van der Waals surface area (Å²) in [6, 6.07) is -0.971. The Bertz CT molecular complexity index is 1390. The van der Waals surface area contributed by atoms with Crippen molar-refractivity contribution in [2.45, 2.75) is 234 Å². The lowest BCUT2D eigenvalue weighted by molar-refractivity contribution is -0.379. The second-order valence-corrected chi connectivity index (χ2v) is 17.9. The van der Waals surface area contributed by atoms with Crippen molar-refractivity contribution in [2.24, 2.45) is 0 Å². The van der Waals surface area contributed by atoms with Gasteiger partial charge in [-0.25, -0.2) is 0 Å². The van der Waals surface area contributed by atoms with Gasteiger partial charge in [0, 0.05) is 6.42 Å². The van der Waals surface area contributed by atoms with Crippen LogP contribution in [0.3, 0.4) is 0 Å². The van der Waals surface area contributed by atoms with E-state index in [0.717, 1.165) is 70.6 Å². The highest BCUT2D eigenvalue weighted by atomic mass is 16.8. The molecule has 3 saturated heterocycles. The number of carbonyl (C=O) groups is 1. The van der Waals surface area contributed by atoms with Crippen LogP contribution < -0.4 is 5.32 Å². The first-order valence-electron chi connectivity index (χ1n) is 24.7. The minimum Gasteiger partial charge on any atom is -0.394 e. The van der Waals surface area contributed by atoms with E-state index in [1.807, 2.05) is 6.92 Å². The van der Waals surface area contributed by atoms with Crippen LogP contribution in [-0.2, 0) is 33.2 Å². The highest BCUT2D eigenvalue weighted by molar-refractivity contribution is 5.76. The first-order chi connectivity index (χ1) is 32.3. The van der Waals surface area contributed by atoms with Gasteiger partial charge in [-0.3, -0.25) is 4.79 Å². The molecule has 0 saturated carbocycles. The van der Waals surface area contributed by atoms with E-state index in [-0.39, 0.29) is 18.9 Å². The van der Waals surface area contributed by atoms with E-state index < -0.39 is 124 Å². The van der Waals surface area contributed by atoms with Crippen molar-refractivity contribution in [3.05, 3.63) is 36.5 Å². The van der Waals surface area contributed by atoms with Crippen LogP contribution in [0.5, 0.6) is 0 Å². The molecule has 3 aliphatic rings. The second kappa shape index (κ2) is 33.6. The summed E-state index contributed by atoms with van der Waals surface area (Å²) in [5.41, 5.74) is 0. The van der Waals surface area contributed by atoms with Gasteiger partial charge < -0.3 is 89.9 Å². The topological polar surface area (TPSA) is 307 Å². The third-order valence-electron chi connectivity index (χ3n) is 12.4. The zero-order valence-corrected chi connectivity index (χ0v) is 39.6. The zero-order valence-electron chi connectivity index (χ0n) is 39.6. The van der Waals surface area contributed by atoms with E-state index in [1.54, 1.807) is 12.2 Å². The molecule has 1 amide bonds. The molecule has 67 heavy (non-hydrogen) atoms. The van der Waals surface area contributed by atoms with Crippen molar-refractivity contribution < 1.29 is 89.4 Å². The van der Waals surface area contributed by atoms with Gasteiger partial charge in [0.1, 0.15) is 73.2 Å². The lowest BCUT2D eigenvalue weighted by Gasteiger charge is -2.48. The minimum absolute atomic E-state index is 0.231. The largest absolute Gasteiger partial charge is 0.394 e. The Morgan fingerprint density at radius 3 is 1.55 bits per heavy atom. The van der Waals surface area contributed by atoms with Gasteiger partial charge in [-0.1, -0.05) is 115 Å². The fraction of sp³-hybridized carbons (Fsp3) is 0.854. The molecule has 0 spiro atoms. The number of hydrogen-bond acceptors (Lipinski definition) is 18. The van der Waals surface area contributed by atoms with Gasteiger partial charge >= 0.3 is 0 Å². The van der Waals surface area contributed by atoms with Gasteiger partial charge in [0.2, 0.25) is 5.91 Å². The predicted molar refractivity (Wildman–Crippen MR) is 245 cm³/mol. The standard InChI is InChI=1S/C48H85NO18/c1-3-5-7-9-10-11-12-13-14-15-16-17-18-19-20-21-22-24-26-36(54)49-31(32(53)25-23-8-6-4-2)30-62-46-42(60)39(57)44(34(28-51)64-46)67-48-43(61)40(58)45(35(29-52)65-48)66-47-41(59)38(56)37(55)33(27-50)63-47/h11-12,14-15,23,25,31-35,37-48,50-53,55-61H,3-10,13,16-22,24,26-30H2,1-2H3,(H,49,54)/b12-11-,15-14-,25-23+. The predicted octanol–water partition coefficient (Wildman–Crippen LogP) is 1.03. The van der Waals surface area contributed by atoms with Gasteiger partial charge in [0.25, 0.3) is 0 Å². The molecular weight excluding hydrogens is 879 g/mol. The third kappa shape index (κ3) is 20.0. The van der Waals surface area contributed by atoms with Crippen molar-refractivity contribution >= 4 is 5.91 Å². The number of rotatable bonds is 33. The van der Waals surface area contributed by atoms with Crippen molar-refractivity contribution in [1.82, 2.24) is 5.32 Å². The number of unbranched alkanes of at least 4 members (excludes halogenated alkanes) is 13. The normalized spacial score (nSPS) is 33.8. The third-order valence-corrected chi connectivity index (χ3v) is 12.4. The molecule has 0 radical (unpaired) electrons. The Morgan fingerprint density at radius 1 is 0.537 bits per heavy atom. The number of aliphatic hydroxyl groups is 11. The highest BCUT2D eigenvalue weighted by Gasteiger charge is 2.53. The molecule has 0 aromatic carbocycles. The molecule has 0 aliphatic carbocycles. The molecular formula is C48H85NO18. The lowest BCUT2D eigenvalue weighted by atomic mass is 9.96. The first kappa shape index (κ1) is 59.3. The second-order valence-electron chi connectivity index (χ2n) is 17.9. The maximum Gasteiger partial charge on any atom is 0.220 e. The van der Waals surface area contributed by atoms with E-state index in [4.69, 9.17) is 28.4 Å². The number of hydrogen-bond donors (Lipinski definition) is 12. The van der Waals surface area contributed by atoms with Crippen molar-refractivity contribution in [3.8, 4) is 0 Å². The van der Waals surface area contributed by atoms with Crippen LogP contribution in [-0.4, -0.2) is 193 Å².